The third kappa shape index (κ3) is 4.59. The van der Waals surface area contributed by atoms with E-state index in [1.165, 1.54) is 38.5 Å². The van der Waals surface area contributed by atoms with Gasteiger partial charge in [-0.3, -0.25) is 0 Å². The van der Waals surface area contributed by atoms with Crippen molar-refractivity contribution in [1.82, 2.24) is 0 Å². The van der Waals surface area contributed by atoms with E-state index in [2.05, 4.69) is 20.8 Å². The third-order valence-electron chi connectivity index (χ3n) is 4.67. The van der Waals surface area contributed by atoms with Crippen molar-refractivity contribution in [1.29, 1.82) is 0 Å². The molecule has 0 saturated heterocycles. The minimum atomic E-state index is 0.433. The van der Waals surface area contributed by atoms with Crippen molar-refractivity contribution in [3.63, 3.8) is 0 Å². The van der Waals surface area contributed by atoms with Gasteiger partial charge in [0.05, 0.1) is 0 Å². The fraction of sp³-hybridized carbons (Fsp3) is 1.00. The van der Waals surface area contributed by atoms with Crippen LogP contribution in [0.15, 0.2) is 0 Å². The summed E-state index contributed by atoms with van der Waals surface area (Å²) in [6.45, 7) is 9.39. The molecule has 0 bridgehead atoms. The van der Waals surface area contributed by atoms with Crippen molar-refractivity contribution in [3.05, 3.63) is 0 Å². The molecule has 1 aliphatic rings. The van der Waals surface area contributed by atoms with Gasteiger partial charge in [0.15, 0.2) is 0 Å². The smallest absolute Gasteiger partial charge is 0.0466 e. The molecule has 2 heteroatoms. The van der Waals surface area contributed by atoms with Crippen LogP contribution in [0.3, 0.4) is 0 Å². The fourth-order valence-corrected chi connectivity index (χ4v) is 3.17. The highest BCUT2D eigenvalue weighted by molar-refractivity contribution is 4.87. The van der Waals surface area contributed by atoms with Gasteiger partial charge in [0, 0.05) is 13.2 Å². The van der Waals surface area contributed by atoms with Gasteiger partial charge in [0.2, 0.25) is 0 Å². The zero-order chi connectivity index (χ0) is 12.7. The lowest BCUT2D eigenvalue weighted by atomic mass is 9.66. The first-order valence-corrected chi connectivity index (χ1v) is 7.41. The SMILES string of the molecule is CCOCCCC1(CN)CCC(C(C)C)CC1. The lowest BCUT2D eigenvalue weighted by Crippen LogP contribution is -2.36. The van der Waals surface area contributed by atoms with Crippen molar-refractivity contribution in [2.75, 3.05) is 19.8 Å². The van der Waals surface area contributed by atoms with E-state index < -0.39 is 0 Å². The van der Waals surface area contributed by atoms with Crippen molar-refractivity contribution >= 4 is 0 Å². The van der Waals surface area contributed by atoms with E-state index in [4.69, 9.17) is 10.5 Å². The lowest BCUT2D eigenvalue weighted by molar-refractivity contribution is 0.0931. The summed E-state index contributed by atoms with van der Waals surface area (Å²) >= 11 is 0. The van der Waals surface area contributed by atoms with Gasteiger partial charge in [-0.25, -0.2) is 0 Å². The normalized spacial score (nSPS) is 29.8. The van der Waals surface area contributed by atoms with Crippen LogP contribution >= 0.6 is 0 Å². The highest BCUT2D eigenvalue weighted by Crippen LogP contribution is 2.43. The van der Waals surface area contributed by atoms with Crippen LogP contribution < -0.4 is 5.73 Å². The Bertz CT molecular complexity index is 195. The third-order valence-corrected chi connectivity index (χ3v) is 4.67. The van der Waals surface area contributed by atoms with Gasteiger partial charge in [-0.05, 0) is 69.2 Å². The molecule has 102 valence electrons. The van der Waals surface area contributed by atoms with E-state index in [9.17, 15) is 0 Å². The number of ether oxygens (including phenoxy) is 1. The monoisotopic (exact) mass is 241 g/mol. The highest BCUT2D eigenvalue weighted by atomic mass is 16.5. The van der Waals surface area contributed by atoms with E-state index >= 15 is 0 Å². The van der Waals surface area contributed by atoms with E-state index in [-0.39, 0.29) is 0 Å². The van der Waals surface area contributed by atoms with Crippen molar-refractivity contribution in [2.45, 2.75) is 59.3 Å². The molecule has 0 radical (unpaired) electrons. The number of rotatable bonds is 7. The molecule has 0 aromatic carbocycles. The summed E-state index contributed by atoms with van der Waals surface area (Å²) in [5, 5.41) is 0. The second-order valence-electron chi connectivity index (χ2n) is 6.09. The Kier molecular flexibility index (Phi) is 6.50. The molecule has 0 heterocycles. The first-order valence-electron chi connectivity index (χ1n) is 7.41. The first-order chi connectivity index (χ1) is 8.13. The molecule has 0 aromatic rings. The Morgan fingerprint density at radius 3 is 2.41 bits per heavy atom. The summed E-state index contributed by atoms with van der Waals surface area (Å²) in [4.78, 5) is 0. The van der Waals surface area contributed by atoms with Crippen molar-refractivity contribution < 1.29 is 4.74 Å². The Morgan fingerprint density at radius 1 is 1.29 bits per heavy atom. The number of hydrogen-bond donors (Lipinski definition) is 1. The summed E-state index contributed by atoms with van der Waals surface area (Å²) in [6.07, 6.45) is 7.86. The maximum atomic E-state index is 6.03. The Hall–Kier alpha value is -0.0800. The maximum absolute atomic E-state index is 6.03. The predicted octanol–water partition coefficient (Wildman–Crippen LogP) is 3.59. The van der Waals surface area contributed by atoms with Crippen LogP contribution in [-0.4, -0.2) is 19.8 Å². The molecule has 0 aromatic heterocycles. The van der Waals surface area contributed by atoms with E-state index in [1.54, 1.807) is 0 Å². The van der Waals surface area contributed by atoms with Crippen LogP contribution in [0.5, 0.6) is 0 Å². The van der Waals surface area contributed by atoms with Gasteiger partial charge in [-0.1, -0.05) is 13.8 Å². The first kappa shape index (κ1) is 15.0. The molecule has 2 nitrogen and oxygen atoms in total. The molecule has 0 atom stereocenters. The van der Waals surface area contributed by atoms with Crippen LogP contribution in [0.1, 0.15) is 59.3 Å². The molecule has 17 heavy (non-hydrogen) atoms. The highest BCUT2D eigenvalue weighted by Gasteiger charge is 2.34. The molecular formula is C15H31NO. The maximum Gasteiger partial charge on any atom is 0.0466 e. The van der Waals surface area contributed by atoms with Crippen molar-refractivity contribution in [2.24, 2.45) is 23.0 Å². The fourth-order valence-electron chi connectivity index (χ4n) is 3.17. The van der Waals surface area contributed by atoms with E-state index in [1.807, 2.05) is 0 Å². The zero-order valence-electron chi connectivity index (χ0n) is 12.0. The molecule has 1 fully saturated rings. The molecule has 1 rings (SSSR count). The predicted molar refractivity (Wildman–Crippen MR) is 74.0 cm³/mol. The van der Waals surface area contributed by atoms with E-state index in [0.29, 0.717) is 5.41 Å². The number of hydrogen-bond acceptors (Lipinski definition) is 2. The minimum Gasteiger partial charge on any atom is -0.382 e. The average molecular weight is 241 g/mol. The van der Waals surface area contributed by atoms with Crippen LogP contribution in [-0.2, 0) is 4.74 Å². The molecule has 1 aliphatic carbocycles. The Labute approximate surface area is 107 Å². The average Bonchev–Trinajstić information content (AvgIpc) is 2.35. The summed E-state index contributed by atoms with van der Waals surface area (Å²) in [5.41, 5.74) is 6.47. The second-order valence-corrected chi connectivity index (χ2v) is 6.09. The lowest BCUT2D eigenvalue weighted by Gasteiger charge is -2.41. The van der Waals surface area contributed by atoms with Crippen LogP contribution in [0.4, 0.5) is 0 Å². The second kappa shape index (κ2) is 7.38. The topological polar surface area (TPSA) is 35.2 Å². The summed E-state index contributed by atoms with van der Waals surface area (Å²) in [6, 6.07) is 0. The molecule has 2 N–H and O–H groups in total. The molecule has 1 saturated carbocycles. The van der Waals surface area contributed by atoms with Crippen LogP contribution in [0.2, 0.25) is 0 Å². The van der Waals surface area contributed by atoms with Gasteiger partial charge in [0.1, 0.15) is 0 Å². The van der Waals surface area contributed by atoms with Gasteiger partial charge < -0.3 is 10.5 Å². The van der Waals surface area contributed by atoms with Crippen molar-refractivity contribution in [3.8, 4) is 0 Å². The van der Waals surface area contributed by atoms with Gasteiger partial charge in [-0.15, -0.1) is 0 Å². The van der Waals surface area contributed by atoms with Crippen LogP contribution in [0, 0.1) is 17.3 Å². The van der Waals surface area contributed by atoms with Gasteiger partial charge >= 0.3 is 0 Å². The minimum absolute atomic E-state index is 0.433. The summed E-state index contributed by atoms with van der Waals surface area (Å²) in [5.74, 6) is 1.77. The number of nitrogens with two attached hydrogens (primary N) is 1. The summed E-state index contributed by atoms with van der Waals surface area (Å²) in [7, 11) is 0. The quantitative estimate of drug-likeness (QED) is 0.691. The Balaban J connectivity index is 2.33. The zero-order valence-corrected chi connectivity index (χ0v) is 12.0. The van der Waals surface area contributed by atoms with Gasteiger partial charge in [0.25, 0.3) is 0 Å². The van der Waals surface area contributed by atoms with Gasteiger partial charge in [-0.2, -0.15) is 0 Å². The molecule has 0 amide bonds. The largest absolute Gasteiger partial charge is 0.382 e. The molecule has 0 spiro atoms. The standard InChI is InChI=1S/C15H31NO/c1-4-17-11-5-8-15(12-16)9-6-14(7-10-15)13(2)3/h13-14H,4-12,16H2,1-3H3. The van der Waals surface area contributed by atoms with Crippen LogP contribution in [0.25, 0.3) is 0 Å². The molecular weight excluding hydrogens is 210 g/mol. The van der Waals surface area contributed by atoms with E-state index in [0.717, 1.165) is 31.6 Å². The summed E-state index contributed by atoms with van der Waals surface area (Å²) < 4.78 is 5.43. The Morgan fingerprint density at radius 2 is 1.94 bits per heavy atom. The molecule has 0 unspecified atom stereocenters. The molecule has 0 aliphatic heterocycles.